The molecular formula is C16H19NO5. The number of benzene rings is 1. The van der Waals surface area contributed by atoms with Gasteiger partial charge in [0.25, 0.3) is 0 Å². The average Bonchev–Trinajstić information content (AvgIpc) is 2.84. The van der Waals surface area contributed by atoms with Crippen LogP contribution in [-0.4, -0.2) is 25.3 Å². The zero-order valence-corrected chi connectivity index (χ0v) is 13.1. The standard InChI is InChI=1S/C16H19NO5/c1-10-14(11(2)22-17-10)8-16(18)21-9-12-7-13(19-3)5-6-15(12)20-4/h5-7H,8-9H2,1-4H3. The van der Waals surface area contributed by atoms with Crippen molar-refractivity contribution < 1.29 is 23.5 Å². The predicted octanol–water partition coefficient (Wildman–Crippen LogP) is 2.59. The smallest absolute Gasteiger partial charge is 0.310 e. The summed E-state index contributed by atoms with van der Waals surface area (Å²) in [6.07, 6.45) is 0.132. The number of carbonyl (C=O) groups is 1. The number of rotatable bonds is 6. The van der Waals surface area contributed by atoms with Crippen molar-refractivity contribution >= 4 is 5.97 Å². The van der Waals surface area contributed by atoms with Crippen LogP contribution in [0.3, 0.4) is 0 Å². The van der Waals surface area contributed by atoms with Crippen molar-refractivity contribution in [3.8, 4) is 11.5 Å². The number of carbonyl (C=O) groups excluding carboxylic acids is 1. The molecule has 0 aliphatic rings. The Hall–Kier alpha value is -2.50. The van der Waals surface area contributed by atoms with Gasteiger partial charge in [-0.2, -0.15) is 0 Å². The van der Waals surface area contributed by atoms with E-state index in [-0.39, 0.29) is 19.0 Å². The van der Waals surface area contributed by atoms with Crippen LogP contribution in [0.5, 0.6) is 11.5 Å². The van der Waals surface area contributed by atoms with Crippen molar-refractivity contribution in [3.05, 3.63) is 40.8 Å². The number of hydrogen-bond donors (Lipinski definition) is 0. The second kappa shape index (κ2) is 6.98. The van der Waals surface area contributed by atoms with Gasteiger partial charge in [-0.1, -0.05) is 5.16 Å². The zero-order chi connectivity index (χ0) is 16.1. The van der Waals surface area contributed by atoms with Gasteiger partial charge in [0.2, 0.25) is 0 Å². The summed E-state index contributed by atoms with van der Waals surface area (Å²) in [6.45, 7) is 3.68. The Morgan fingerprint density at radius 2 is 2.00 bits per heavy atom. The number of aryl methyl sites for hydroxylation is 2. The van der Waals surface area contributed by atoms with Crippen LogP contribution >= 0.6 is 0 Å². The van der Waals surface area contributed by atoms with Gasteiger partial charge in [0.15, 0.2) is 0 Å². The molecular weight excluding hydrogens is 286 g/mol. The average molecular weight is 305 g/mol. The first kappa shape index (κ1) is 15.9. The molecule has 2 aromatic rings. The Morgan fingerprint density at radius 3 is 2.59 bits per heavy atom. The van der Waals surface area contributed by atoms with E-state index in [1.807, 2.05) is 0 Å². The maximum absolute atomic E-state index is 12.0. The van der Waals surface area contributed by atoms with E-state index in [0.717, 1.165) is 11.1 Å². The van der Waals surface area contributed by atoms with Crippen molar-refractivity contribution in [2.45, 2.75) is 26.9 Å². The van der Waals surface area contributed by atoms with Crippen LogP contribution in [0.4, 0.5) is 0 Å². The van der Waals surface area contributed by atoms with Gasteiger partial charge in [0.1, 0.15) is 23.9 Å². The SMILES string of the molecule is COc1ccc(OC)c(COC(=O)Cc2c(C)noc2C)c1. The van der Waals surface area contributed by atoms with Crippen LogP contribution in [0, 0.1) is 13.8 Å². The monoisotopic (exact) mass is 305 g/mol. The van der Waals surface area contributed by atoms with Crippen molar-refractivity contribution in [2.24, 2.45) is 0 Å². The molecule has 22 heavy (non-hydrogen) atoms. The van der Waals surface area contributed by atoms with Gasteiger partial charge in [0.05, 0.1) is 26.3 Å². The molecule has 0 unspecified atom stereocenters. The fraction of sp³-hybridized carbons (Fsp3) is 0.375. The molecule has 6 nitrogen and oxygen atoms in total. The third-order valence-corrected chi connectivity index (χ3v) is 3.38. The Morgan fingerprint density at radius 1 is 1.23 bits per heavy atom. The van der Waals surface area contributed by atoms with E-state index in [9.17, 15) is 4.79 Å². The van der Waals surface area contributed by atoms with Crippen LogP contribution in [0.2, 0.25) is 0 Å². The van der Waals surface area contributed by atoms with Crippen LogP contribution in [0.15, 0.2) is 22.7 Å². The number of hydrogen-bond acceptors (Lipinski definition) is 6. The highest BCUT2D eigenvalue weighted by Gasteiger charge is 2.15. The molecule has 118 valence electrons. The normalized spacial score (nSPS) is 10.4. The lowest BCUT2D eigenvalue weighted by Crippen LogP contribution is -2.09. The molecule has 0 spiro atoms. The highest BCUT2D eigenvalue weighted by Crippen LogP contribution is 2.25. The number of nitrogens with zero attached hydrogens (tertiary/aromatic N) is 1. The number of methoxy groups -OCH3 is 2. The topological polar surface area (TPSA) is 70.8 Å². The van der Waals surface area contributed by atoms with E-state index in [1.54, 1.807) is 46.3 Å². The molecule has 0 bridgehead atoms. The van der Waals surface area contributed by atoms with Gasteiger partial charge < -0.3 is 18.7 Å². The lowest BCUT2D eigenvalue weighted by molar-refractivity contribution is -0.144. The van der Waals surface area contributed by atoms with Crippen molar-refractivity contribution in [1.29, 1.82) is 0 Å². The predicted molar refractivity (Wildman–Crippen MR) is 79.0 cm³/mol. The quantitative estimate of drug-likeness (QED) is 0.764. The maximum Gasteiger partial charge on any atom is 0.310 e. The lowest BCUT2D eigenvalue weighted by atomic mass is 10.1. The van der Waals surface area contributed by atoms with Crippen LogP contribution in [-0.2, 0) is 22.6 Å². The molecule has 1 aromatic heterocycles. The molecule has 0 atom stereocenters. The minimum absolute atomic E-state index is 0.114. The maximum atomic E-state index is 12.0. The molecule has 1 aromatic carbocycles. The molecule has 0 aliphatic heterocycles. The summed E-state index contributed by atoms with van der Waals surface area (Å²) in [5.41, 5.74) is 2.21. The molecule has 2 rings (SSSR count). The van der Waals surface area contributed by atoms with Gasteiger partial charge in [0, 0.05) is 11.1 Å². The van der Waals surface area contributed by atoms with Crippen LogP contribution in [0.25, 0.3) is 0 Å². The molecule has 1 heterocycles. The van der Waals surface area contributed by atoms with Crippen molar-refractivity contribution in [2.75, 3.05) is 14.2 Å². The van der Waals surface area contributed by atoms with Crippen LogP contribution in [0.1, 0.15) is 22.6 Å². The van der Waals surface area contributed by atoms with Crippen LogP contribution < -0.4 is 9.47 Å². The van der Waals surface area contributed by atoms with Crippen molar-refractivity contribution in [3.63, 3.8) is 0 Å². The summed E-state index contributed by atoms with van der Waals surface area (Å²) in [4.78, 5) is 12.0. The summed E-state index contributed by atoms with van der Waals surface area (Å²) in [6, 6.07) is 5.34. The fourth-order valence-corrected chi connectivity index (χ4v) is 2.10. The first-order valence-corrected chi connectivity index (χ1v) is 6.83. The second-order valence-electron chi connectivity index (χ2n) is 4.82. The first-order chi connectivity index (χ1) is 10.5. The second-order valence-corrected chi connectivity index (χ2v) is 4.82. The Kier molecular flexibility index (Phi) is 5.04. The van der Waals surface area contributed by atoms with Gasteiger partial charge in [-0.3, -0.25) is 4.79 Å². The fourth-order valence-electron chi connectivity index (χ4n) is 2.10. The summed E-state index contributed by atoms with van der Waals surface area (Å²) in [7, 11) is 3.14. The summed E-state index contributed by atoms with van der Waals surface area (Å²) in [5.74, 6) is 1.61. The van der Waals surface area contributed by atoms with E-state index in [2.05, 4.69) is 5.16 Å². The van der Waals surface area contributed by atoms with E-state index >= 15 is 0 Å². The molecule has 0 radical (unpaired) electrons. The van der Waals surface area contributed by atoms with E-state index in [1.165, 1.54) is 0 Å². The summed E-state index contributed by atoms with van der Waals surface area (Å²) in [5, 5.41) is 3.82. The van der Waals surface area contributed by atoms with E-state index in [4.69, 9.17) is 18.7 Å². The van der Waals surface area contributed by atoms with E-state index in [0.29, 0.717) is 23.0 Å². The number of aromatic nitrogens is 1. The molecule has 6 heteroatoms. The van der Waals surface area contributed by atoms with Gasteiger partial charge in [-0.05, 0) is 32.0 Å². The summed E-state index contributed by atoms with van der Waals surface area (Å²) < 4.78 is 20.8. The third-order valence-electron chi connectivity index (χ3n) is 3.38. The zero-order valence-electron chi connectivity index (χ0n) is 13.1. The van der Waals surface area contributed by atoms with E-state index < -0.39 is 0 Å². The summed E-state index contributed by atoms with van der Waals surface area (Å²) >= 11 is 0. The lowest BCUT2D eigenvalue weighted by Gasteiger charge is -2.11. The molecule has 0 N–H and O–H groups in total. The minimum atomic E-state index is -0.348. The molecule has 0 saturated carbocycles. The molecule has 0 amide bonds. The van der Waals surface area contributed by atoms with Gasteiger partial charge >= 0.3 is 5.97 Å². The Labute approximate surface area is 129 Å². The molecule has 0 aliphatic carbocycles. The van der Waals surface area contributed by atoms with Gasteiger partial charge in [-0.15, -0.1) is 0 Å². The molecule has 0 saturated heterocycles. The molecule has 0 fully saturated rings. The Bertz CT molecular complexity index is 643. The largest absolute Gasteiger partial charge is 0.497 e. The van der Waals surface area contributed by atoms with Crippen molar-refractivity contribution in [1.82, 2.24) is 5.16 Å². The highest BCUT2D eigenvalue weighted by molar-refractivity contribution is 5.73. The Balaban J connectivity index is 2.02. The first-order valence-electron chi connectivity index (χ1n) is 6.83. The third kappa shape index (κ3) is 3.58. The number of esters is 1. The van der Waals surface area contributed by atoms with Gasteiger partial charge in [-0.25, -0.2) is 0 Å². The highest BCUT2D eigenvalue weighted by atomic mass is 16.5. The minimum Gasteiger partial charge on any atom is -0.497 e. The number of ether oxygens (including phenoxy) is 3.